The first kappa shape index (κ1) is 18.0. The van der Waals surface area contributed by atoms with E-state index in [2.05, 4.69) is 19.2 Å². The maximum absolute atomic E-state index is 14.4. The van der Waals surface area contributed by atoms with Gasteiger partial charge in [0, 0.05) is 29.3 Å². The third-order valence-electron chi connectivity index (χ3n) is 5.25. The molecule has 2 aromatic rings. The number of nitrogens with one attached hydrogen (secondary N) is 1. The first-order valence-corrected chi connectivity index (χ1v) is 8.82. The molecule has 1 nitrogen and oxygen atoms in total. The van der Waals surface area contributed by atoms with E-state index in [4.69, 9.17) is 0 Å². The van der Waals surface area contributed by atoms with E-state index in [0.717, 1.165) is 25.7 Å². The highest BCUT2D eigenvalue weighted by atomic mass is 19.2. The summed E-state index contributed by atoms with van der Waals surface area (Å²) < 4.78 is 42.7. The molecule has 4 heteroatoms. The molecule has 0 heterocycles. The Kier molecular flexibility index (Phi) is 5.19. The molecule has 0 bridgehead atoms. The summed E-state index contributed by atoms with van der Waals surface area (Å²) in [7, 11) is 0. The van der Waals surface area contributed by atoms with Gasteiger partial charge in [0.25, 0.3) is 0 Å². The lowest BCUT2D eigenvalue weighted by atomic mass is 9.75. The number of hydrogen-bond acceptors (Lipinski definition) is 1. The van der Waals surface area contributed by atoms with Gasteiger partial charge in [0.2, 0.25) is 0 Å². The molecular weight excluding hydrogens is 323 g/mol. The Bertz CT molecular complexity index is 745. The molecule has 1 fully saturated rings. The van der Waals surface area contributed by atoms with Crippen molar-refractivity contribution in [2.24, 2.45) is 5.41 Å². The molecule has 1 N–H and O–H groups in total. The first-order chi connectivity index (χ1) is 11.9. The molecule has 2 aromatic carbocycles. The van der Waals surface area contributed by atoms with Crippen molar-refractivity contribution >= 4 is 0 Å². The van der Waals surface area contributed by atoms with Crippen LogP contribution in [0.4, 0.5) is 13.2 Å². The third kappa shape index (κ3) is 4.06. The Balaban J connectivity index is 1.72. The monoisotopic (exact) mass is 347 g/mol. The largest absolute Gasteiger partial charge is 0.310 e. The molecule has 0 saturated heterocycles. The summed E-state index contributed by atoms with van der Waals surface area (Å²) in [5.41, 5.74) is 0.686. The zero-order valence-electron chi connectivity index (χ0n) is 14.7. The topological polar surface area (TPSA) is 12.0 Å². The average molecular weight is 347 g/mol. The van der Waals surface area contributed by atoms with Crippen LogP contribution in [0.1, 0.15) is 45.1 Å². The molecule has 1 aliphatic rings. The number of hydrogen-bond donors (Lipinski definition) is 1. The van der Waals surface area contributed by atoms with Gasteiger partial charge in [0.15, 0.2) is 11.6 Å². The van der Waals surface area contributed by atoms with Crippen molar-refractivity contribution in [3.8, 4) is 11.1 Å². The summed E-state index contributed by atoms with van der Waals surface area (Å²) in [6.07, 6.45) is 4.36. The van der Waals surface area contributed by atoms with Gasteiger partial charge in [0.05, 0.1) is 0 Å². The van der Waals surface area contributed by atoms with Crippen molar-refractivity contribution in [3.05, 3.63) is 59.4 Å². The van der Waals surface area contributed by atoms with Gasteiger partial charge in [0.1, 0.15) is 5.82 Å². The Morgan fingerprint density at radius 2 is 1.60 bits per heavy atom. The normalized spacial score (nSPS) is 17.6. The maximum Gasteiger partial charge on any atom is 0.167 e. The highest BCUT2D eigenvalue weighted by Gasteiger charge is 2.26. The quantitative estimate of drug-likeness (QED) is 0.734. The molecular formula is C21H24F3N. The van der Waals surface area contributed by atoms with Crippen LogP contribution >= 0.6 is 0 Å². The second-order valence-electron chi connectivity index (χ2n) is 7.70. The van der Waals surface area contributed by atoms with E-state index in [1.807, 2.05) is 0 Å². The predicted octanol–water partition coefficient (Wildman–Crippen LogP) is 5.83. The zero-order chi connectivity index (χ0) is 18.0. The molecule has 0 radical (unpaired) electrons. The van der Waals surface area contributed by atoms with E-state index in [-0.39, 0.29) is 23.2 Å². The lowest BCUT2D eigenvalue weighted by molar-refractivity contribution is 0.205. The van der Waals surface area contributed by atoms with E-state index in [0.29, 0.717) is 11.5 Å². The number of benzene rings is 2. The molecule has 0 aliphatic heterocycles. The van der Waals surface area contributed by atoms with E-state index in [1.54, 1.807) is 12.1 Å². The Labute approximate surface area is 147 Å². The van der Waals surface area contributed by atoms with E-state index in [1.165, 1.54) is 24.3 Å². The van der Waals surface area contributed by atoms with Crippen LogP contribution in [0.15, 0.2) is 36.4 Å². The first-order valence-electron chi connectivity index (χ1n) is 8.82. The standard InChI is InChI=1S/C21H24F3N/c1-21(2)11-9-15(10-12-21)25-13-14-7-8-17(20(24)19(14)23)16-5-3-4-6-18(16)22/h3-8,15,25H,9-13H2,1-2H3. The zero-order valence-corrected chi connectivity index (χ0v) is 14.7. The van der Waals surface area contributed by atoms with Gasteiger partial charge >= 0.3 is 0 Å². The molecule has 3 rings (SSSR count). The average Bonchev–Trinajstić information content (AvgIpc) is 2.58. The van der Waals surface area contributed by atoms with Crippen LogP contribution in [0, 0.1) is 22.9 Å². The molecule has 0 aromatic heterocycles. The Morgan fingerprint density at radius 3 is 2.28 bits per heavy atom. The number of rotatable bonds is 4. The molecule has 0 atom stereocenters. The van der Waals surface area contributed by atoms with Crippen LogP contribution in [0.5, 0.6) is 0 Å². The van der Waals surface area contributed by atoms with Gasteiger partial charge in [-0.2, -0.15) is 0 Å². The van der Waals surface area contributed by atoms with Crippen LogP contribution < -0.4 is 5.32 Å². The van der Waals surface area contributed by atoms with Crippen molar-refractivity contribution in [2.75, 3.05) is 0 Å². The molecule has 134 valence electrons. The van der Waals surface area contributed by atoms with Crippen molar-refractivity contribution in [2.45, 2.75) is 52.1 Å². The smallest absolute Gasteiger partial charge is 0.167 e. The predicted molar refractivity (Wildman–Crippen MR) is 94.6 cm³/mol. The van der Waals surface area contributed by atoms with Gasteiger partial charge in [-0.3, -0.25) is 0 Å². The molecule has 0 amide bonds. The van der Waals surface area contributed by atoms with E-state index in [9.17, 15) is 13.2 Å². The third-order valence-corrected chi connectivity index (χ3v) is 5.25. The van der Waals surface area contributed by atoms with Crippen LogP contribution in [0.25, 0.3) is 11.1 Å². The Hall–Kier alpha value is -1.81. The SMILES string of the molecule is CC1(C)CCC(NCc2ccc(-c3ccccc3F)c(F)c2F)CC1. The fourth-order valence-electron chi connectivity index (χ4n) is 3.47. The highest BCUT2D eigenvalue weighted by Crippen LogP contribution is 2.35. The summed E-state index contributed by atoms with van der Waals surface area (Å²) in [6.45, 7) is 4.81. The van der Waals surface area contributed by atoms with Crippen LogP contribution in [0.3, 0.4) is 0 Å². The lowest BCUT2D eigenvalue weighted by Gasteiger charge is -2.34. The summed E-state index contributed by atoms with van der Waals surface area (Å²) in [6, 6.07) is 9.16. The maximum atomic E-state index is 14.4. The van der Waals surface area contributed by atoms with Crippen molar-refractivity contribution in [3.63, 3.8) is 0 Å². The highest BCUT2D eigenvalue weighted by molar-refractivity contribution is 5.65. The molecule has 1 saturated carbocycles. The minimum Gasteiger partial charge on any atom is -0.310 e. The van der Waals surface area contributed by atoms with Crippen LogP contribution in [-0.4, -0.2) is 6.04 Å². The van der Waals surface area contributed by atoms with E-state index < -0.39 is 17.5 Å². The minimum absolute atomic E-state index is 0.0428. The van der Waals surface area contributed by atoms with E-state index >= 15 is 0 Å². The van der Waals surface area contributed by atoms with Gasteiger partial charge < -0.3 is 5.32 Å². The van der Waals surface area contributed by atoms with Crippen molar-refractivity contribution < 1.29 is 13.2 Å². The van der Waals surface area contributed by atoms with Gasteiger partial charge in [-0.1, -0.05) is 44.2 Å². The second-order valence-corrected chi connectivity index (χ2v) is 7.70. The molecule has 0 spiro atoms. The fraction of sp³-hybridized carbons (Fsp3) is 0.429. The molecule has 25 heavy (non-hydrogen) atoms. The second kappa shape index (κ2) is 7.20. The van der Waals surface area contributed by atoms with Gasteiger partial charge in [-0.25, -0.2) is 13.2 Å². The summed E-state index contributed by atoms with van der Waals surface area (Å²) in [4.78, 5) is 0. The van der Waals surface area contributed by atoms with Crippen LogP contribution in [0.2, 0.25) is 0 Å². The Morgan fingerprint density at radius 1 is 0.920 bits per heavy atom. The lowest BCUT2D eigenvalue weighted by Crippen LogP contribution is -2.35. The minimum atomic E-state index is -0.992. The van der Waals surface area contributed by atoms with Crippen molar-refractivity contribution in [1.29, 1.82) is 0 Å². The molecule has 0 unspecified atom stereocenters. The van der Waals surface area contributed by atoms with Crippen LogP contribution in [-0.2, 0) is 6.54 Å². The summed E-state index contributed by atoms with van der Waals surface area (Å²) >= 11 is 0. The molecule has 1 aliphatic carbocycles. The summed E-state index contributed by atoms with van der Waals surface area (Å²) in [5, 5.41) is 3.33. The van der Waals surface area contributed by atoms with Gasteiger partial charge in [-0.05, 0) is 37.2 Å². The number of halogens is 3. The summed E-state index contributed by atoms with van der Waals surface area (Å²) in [5.74, 6) is -2.45. The van der Waals surface area contributed by atoms with Gasteiger partial charge in [-0.15, -0.1) is 0 Å². The van der Waals surface area contributed by atoms with Crippen molar-refractivity contribution in [1.82, 2.24) is 5.32 Å². The fourth-order valence-corrected chi connectivity index (χ4v) is 3.47.